The van der Waals surface area contributed by atoms with E-state index in [2.05, 4.69) is 36.2 Å². The maximum atomic E-state index is 5.85. The van der Waals surface area contributed by atoms with Crippen LogP contribution in [0.4, 0.5) is 5.82 Å². The molecular formula is C23H28N4O3S. The highest BCUT2D eigenvalue weighted by Crippen LogP contribution is 2.34. The Hall–Kier alpha value is -2.42. The molecule has 1 N–H and O–H groups in total. The molecule has 2 aromatic heterocycles. The molecule has 1 saturated heterocycles. The van der Waals surface area contributed by atoms with Gasteiger partial charge in [-0.15, -0.1) is 11.3 Å². The van der Waals surface area contributed by atoms with Crippen LogP contribution in [0, 0.1) is 13.8 Å². The normalized spacial score (nSPS) is 17.0. The van der Waals surface area contributed by atoms with Gasteiger partial charge in [0.1, 0.15) is 16.5 Å². The zero-order valence-corrected chi connectivity index (χ0v) is 18.9. The second-order valence-electron chi connectivity index (χ2n) is 8.03. The van der Waals surface area contributed by atoms with Gasteiger partial charge in [0.05, 0.1) is 38.4 Å². The lowest BCUT2D eigenvalue weighted by Gasteiger charge is -2.25. The van der Waals surface area contributed by atoms with Gasteiger partial charge in [0.2, 0.25) is 0 Å². The van der Waals surface area contributed by atoms with Crippen LogP contribution < -0.4 is 14.8 Å². The first kappa shape index (κ1) is 20.5. The Labute approximate surface area is 186 Å². The van der Waals surface area contributed by atoms with Crippen LogP contribution in [0.5, 0.6) is 11.5 Å². The number of benzene rings is 1. The fourth-order valence-electron chi connectivity index (χ4n) is 3.96. The summed E-state index contributed by atoms with van der Waals surface area (Å²) in [6, 6.07) is 6.14. The number of hydrogen-bond acceptors (Lipinski definition) is 8. The zero-order chi connectivity index (χ0) is 21.2. The van der Waals surface area contributed by atoms with Crippen molar-refractivity contribution in [2.24, 2.45) is 0 Å². The highest BCUT2D eigenvalue weighted by molar-refractivity contribution is 7.18. The molecule has 7 nitrogen and oxygen atoms in total. The molecule has 4 heterocycles. The Bertz CT molecular complexity index is 1080. The van der Waals surface area contributed by atoms with Gasteiger partial charge in [-0.2, -0.15) is 0 Å². The zero-order valence-electron chi connectivity index (χ0n) is 18.1. The number of nitrogens with one attached hydrogen (secondary N) is 1. The van der Waals surface area contributed by atoms with Crippen LogP contribution in [0.3, 0.4) is 0 Å². The Morgan fingerprint density at radius 1 is 1.03 bits per heavy atom. The van der Waals surface area contributed by atoms with Gasteiger partial charge in [0, 0.05) is 30.9 Å². The van der Waals surface area contributed by atoms with Gasteiger partial charge in [-0.05, 0) is 37.1 Å². The van der Waals surface area contributed by atoms with E-state index in [1.807, 2.05) is 6.07 Å². The maximum absolute atomic E-state index is 5.85. The van der Waals surface area contributed by atoms with Gasteiger partial charge in [0.15, 0.2) is 11.5 Å². The number of rotatable bonds is 5. The molecule has 164 valence electrons. The number of thiophene rings is 1. The second-order valence-corrected chi connectivity index (χ2v) is 9.23. The molecule has 1 fully saturated rings. The van der Waals surface area contributed by atoms with Gasteiger partial charge < -0.3 is 19.5 Å². The maximum Gasteiger partial charge on any atom is 0.161 e. The number of ether oxygens (including phenoxy) is 3. The molecule has 0 saturated carbocycles. The van der Waals surface area contributed by atoms with Crippen LogP contribution in [0.2, 0.25) is 0 Å². The second kappa shape index (κ2) is 8.98. The SMILES string of the molecule is Cc1sc2nc(CN3CCOCC3)nc(NCc3ccc4c(c3)OCCCO4)c2c1C. The summed E-state index contributed by atoms with van der Waals surface area (Å²) in [6.07, 6.45) is 0.907. The first-order valence-electron chi connectivity index (χ1n) is 10.9. The summed E-state index contributed by atoms with van der Waals surface area (Å²) in [5, 5.41) is 4.70. The summed E-state index contributed by atoms with van der Waals surface area (Å²) >= 11 is 1.74. The van der Waals surface area contributed by atoms with Crippen LogP contribution in [0.25, 0.3) is 10.2 Å². The van der Waals surface area contributed by atoms with Crippen LogP contribution in [-0.4, -0.2) is 54.4 Å². The molecule has 2 aliphatic rings. The van der Waals surface area contributed by atoms with Gasteiger partial charge in [-0.25, -0.2) is 9.97 Å². The molecule has 0 radical (unpaired) electrons. The van der Waals surface area contributed by atoms with E-state index in [9.17, 15) is 0 Å². The largest absolute Gasteiger partial charge is 0.490 e. The van der Waals surface area contributed by atoms with Gasteiger partial charge >= 0.3 is 0 Å². The topological polar surface area (TPSA) is 68.7 Å². The summed E-state index contributed by atoms with van der Waals surface area (Å²) < 4.78 is 17.1. The van der Waals surface area contributed by atoms with Crippen molar-refractivity contribution >= 4 is 27.4 Å². The van der Waals surface area contributed by atoms with Gasteiger partial charge in [-0.1, -0.05) is 6.07 Å². The Balaban J connectivity index is 1.40. The first-order valence-corrected chi connectivity index (χ1v) is 11.7. The van der Waals surface area contributed by atoms with Crippen molar-refractivity contribution in [1.82, 2.24) is 14.9 Å². The fourth-order valence-corrected chi connectivity index (χ4v) is 5.00. The number of aromatic nitrogens is 2. The lowest BCUT2D eigenvalue weighted by atomic mass is 10.2. The predicted octanol–water partition coefficient (Wildman–Crippen LogP) is 3.91. The standard InChI is InChI=1S/C23H28N4O3S/c1-15-16(2)31-23-21(15)22(25-20(26-23)14-27-6-10-28-11-7-27)24-13-17-4-5-18-19(12-17)30-9-3-8-29-18/h4-5,12H,3,6-11,13-14H2,1-2H3,(H,24,25,26). The number of anilines is 1. The summed E-state index contributed by atoms with van der Waals surface area (Å²) in [4.78, 5) is 14.5. The first-order chi connectivity index (χ1) is 15.2. The molecule has 0 spiro atoms. The summed E-state index contributed by atoms with van der Waals surface area (Å²) in [5.41, 5.74) is 2.38. The summed E-state index contributed by atoms with van der Waals surface area (Å²) in [5.74, 6) is 3.40. The fraction of sp³-hybridized carbons (Fsp3) is 0.478. The number of fused-ring (bicyclic) bond motifs is 2. The minimum absolute atomic E-state index is 0.661. The van der Waals surface area contributed by atoms with Crippen molar-refractivity contribution in [2.45, 2.75) is 33.4 Å². The van der Waals surface area contributed by atoms with Crippen LogP contribution >= 0.6 is 11.3 Å². The number of morpholine rings is 1. The Morgan fingerprint density at radius 2 is 1.84 bits per heavy atom. The minimum Gasteiger partial charge on any atom is -0.490 e. The van der Waals surface area contributed by atoms with E-state index in [0.717, 1.165) is 78.2 Å². The van der Waals surface area contributed by atoms with Gasteiger partial charge in [-0.3, -0.25) is 4.90 Å². The van der Waals surface area contributed by atoms with E-state index < -0.39 is 0 Å². The van der Waals surface area contributed by atoms with E-state index in [4.69, 9.17) is 24.2 Å². The number of hydrogen-bond donors (Lipinski definition) is 1. The minimum atomic E-state index is 0.661. The van der Waals surface area contributed by atoms with E-state index >= 15 is 0 Å². The number of aryl methyl sites for hydroxylation is 2. The lowest BCUT2D eigenvalue weighted by molar-refractivity contribution is 0.0331. The molecule has 0 amide bonds. The van der Waals surface area contributed by atoms with E-state index in [0.29, 0.717) is 19.8 Å². The van der Waals surface area contributed by atoms with Crippen molar-refractivity contribution in [1.29, 1.82) is 0 Å². The summed E-state index contributed by atoms with van der Waals surface area (Å²) in [6.45, 7) is 10.5. The molecule has 0 atom stereocenters. The molecule has 2 aliphatic heterocycles. The van der Waals surface area contributed by atoms with Crippen molar-refractivity contribution in [3.05, 3.63) is 40.0 Å². The third-order valence-electron chi connectivity index (χ3n) is 5.82. The number of nitrogens with zero attached hydrogens (tertiary/aromatic N) is 3. The van der Waals surface area contributed by atoms with Crippen LogP contribution in [0.1, 0.15) is 28.2 Å². The Morgan fingerprint density at radius 3 is 2.68 bits per heavy atom. The molecule has 31 heavy (non-hydrogen) atoms. The molecule has 8 heteroatoms. The monoisotopic (exact) mass is 440 g/mol. The lowest BCUT2D eigenvalue weighted by Crippen LogP contribution is -2.36. The molecule has 3 aromatic rings. The highest BCUT2D eigenvalue weighted by atomic mass is 32.1. The van der Waals surface area contributed by atoms with Crippen molar-refractivity contribution < 1.29 is 14.2 Å². The predicted molar refractivity (Wildman–Crippen MR) is 122 cm³/mol. The third kappa shape index (κ3) is 4.46. The van der Waals surface area contributed by atoms with Crippen molar-refractivity contribution in [3.8, 4) is 11.5 Å². The molecule has 5 rings (SSSR count). The molecule has 1 aromatic carbocycles. The van der Waals surface area contributed by atoms with Crippen molar-refractivity contribution in [3.63, 3.8) is 0 Å². The third-order valence-corrected chi connectivity index (χ3v) is 6.92. The van der Waals surface area contributed by atoms with Crippen molar-refractivity contribution in [2.75, 3.05) is 44.8 Å². The molecule has 0 bridgehead atoms. The van der Waals surface area contributed by atoms with Crippen LogP contribution in [0.15, 0.2) is 18.2 Å². The molecule has 0 aliphatic carbocycles. The summed E-state index contributed by atoms with van der Waals surface area (Å²) in [7, 11) is 0. The highest BCUT2D eigenvalue weighted by Gasteiger charge is 2.18. The van der Waals surface area contributed by atoms with Crippen LogP contribution in [-0.2, 0) is 17.8 Å². The van der Waals surface area contributed by atoms with E-state index in [1.165, 1.54) is 10.4 Å². The molecular weight excluding hydrogens is 412 g/mol. The smallest absolute Gasteiger partial charge is 0.161 e. The average Bonchev–Trinajstić information content (AvgIpc) is 2.94. The molecule has 0 unspecified atom stereocenters. The van der Waals surface area contributed by atoms with E-state index in [-0.39, 0.29) is 0 Å². The van der Waals surface area contributed by atoms with Gasteiger partial charge in [0.25, 0.3) is 0 Å². The average molecular weight is 441 g/mol. The van der Waals surface area contributed by atoms with E-state index in [1.54, 1.807) is 11.3 Å². The quantitative estimate of drug-likeness (QED) is 0.645. The Kier molecular flexibility index (Phi) is 5.93.